The topological polar surface area (TPSA) is 91.1 Å². The van der Waals surface area contributed by atoms with Gasteiger partial charge in [0.1, 0.15) is 6.61 Å². The summed E-state index contributed by atoms with van der Waals surface area (Å²) in [7, 11) is 2.85. The third-order valence-corrected chi connectivity index (χ3v) is 5.10. The van der Waals surface area contributed by atoms with E-state index < -0.39 is 11.0 Å². The van der Waals surface area contributed by atoms with Gasteiger partial charge in [0, 0.05) is 11.1 Å². The molecule has 1 saturated heterocycles. The first kappa shape index (κ1) is 20.8. The van der Waals surface area contributed by atoms with Crippen LogP contribution in [0.3, 0.4) is 0 Å². The number of piperidine rings is 1. The summed E-state index contributed by atoms with van der Waals surface area (Å²) in [5.41, 5.74) is -0.624. The van der Waals surface area contributed by atoms with E-state index in [1.165, 1.54) is 26.4 Å². The van der Waals surface area contributed by atoms with E-state index in [9.17, 15) is 14.9 Å². The zero-order valence-electron chi connectivity index (χ0n) is 16.8. The molecule has 27 heavy (non-hydrogen) atoms. The highest BCUT2D eigenvalue weighted by atomic mass is 16.6. The Morgan fingerprint density at radius 2 is 1.63 bits per heavy atom. The Labute approximate surface area is 159 Å². The highest BCUT2D eigenvalue weighted by Gasteiger charge is 2.45. The van der Waals surface area contributed by atoms with E-state index in [1.54, 1.807) is 4.90 Å². The Hall–Kier alpha value is -2.51. The summed E-state index contributed by atoms with van der Waals surface area (Å²) in [6.07, 6.45) is 2.31. The number of amides is 1. The molecule has 0 atom stereocenters. The lowest BCUT2D eigenvalue weighted by molar-refractivity contribution is -0.385. The normalized spacial score (nSPS) is 17.9. The fourth-order valence-corrected chi connectivity index (χ4v) is 3.89. The predicted molar refractivity (Wildman–Crippen MR) is 100 cm³/mol. The molecule has 1 aromatic rings. The maximum atomic E-state index is 12.8. The lowest BCUT2D eigenvalue weighted by atomic mass is 9.80. The zero-order valence-corrected chi connectivity index (χ0v) is 16.8. The van der Waals surface area contributed by atoms with Crippen molar-refractivity contribution in [1.29, 1.82) is 0 Å². The second-order valence-corrected chi connectivity index (χ2v) is 7.96. The molecule has 8 nitrogen and oxygen atoms in total. The van der Waals surface area contributed by atoms with Crippen LogP contribution >= 0.6 is 0 Å². The molecule has 0 aliphatic carbocycles. The minimum absolute atomic E-state index is 0.183. The van der Waals surface area contributed by atoms with Gasteiger partial charge in [-0.05, 0) is 53.0 Å². The third-order valence-electron chi connectivity index (χ3n) is 5.10. The predicted octanol–water partition coefficient (Wildman–Crippen LogP) is 4.29. The third kappa shape index (κ3) is 4.26. The molecule has 1 amide bonds. The SMILES string of the molecule is COc1cc(COC(=O)N2C(C)(C)CCCC2(C)C)c([N+](=O)[O-])cc1OC. The van der Waals surface area contributed by atoms with Crippen LogP contribution in [0.2, 0.25) is 0 Å². The van der Waals surface area contributed by atoms with Crippen LogP contribution in [-0.2, 0) is 11.3 Å². The largest absolute Gasteiger partial charge is 0.493 e. The first-order valence-corrected chi connectivity index (χ1v) is 8.90. The van der Waals surface area contributed by atoms with Gasteiger partial charge < -0.3 is 14.2 Å². The van der Waals surface area contributed by atoms with Crippen LogP contribution in [-0.4, -0.2) is 41.2 Å². The van der Waals surface area contributed by atoms with E-state index >= 15 is 0 Å². The molecule has 0 unspecified atom stereocenters. The molecule has 1 aromatic carbocycles. The van der Waals surface area contributed by atoms with E-state index in [1.807, 2.05) is 27.7 Å². The van der Waals surface area contributed by atoms with E-state index in [0.29, 0.717) is 5.75 Å². The van der Waals surface area contributed by atoms with Crippen molar-refractivity contribution in [3.63, 3.8) is 0 Å². The molecule has 1 aliphatic heterocycles. The second-order valence-electron chi connectivity index (χ2n) is 7.96. The molecule has 1 heterocycles. The van der Waals surface area contributed by atoms with Gasteiger partial charge in [0.15, 0.2) is 11.5 Å². The van der Waals surface area contributed by atoms with Crippen LogP contribution in [0, 0.1) is 10.1 Å². The number of nitro benzene ring substituents is 1. The number of hydrogen-bond acceptors (Lipinski definition) is 6. The molecule has 1 fully saturated rings. The first-order valence-electron chi connectivity index (χ1n) is 8.90. The number of carbonyl (C=O) groups is 1. The number of carbonyl (C=O) groups excluding carboxylic acids is 1. The molecular weight excluding hydrogens is 352 g/mol. The van der Waals surface area contributed by atoms with E-state index in [-0.39, 0.29) is 34.7 Å². The molecule has 0 aromatic heterocycles. The summed E-state index contributed by atoms with van der Waals surface area (Å²) in [5, 5.41) is 11.4. The van der Waals surface area contributed by atoms with Gasteiger partial charge >= 0.3 is 6.09 Å². The summed E-state index contributed by atoms with van der Waals surface area (Å²) in [6.45, 7) is 7.81. The summed E-state index contributed by atoms with van der Waals surface area (Å²) in [6, 6.07) is 2.74. The van der Waals surface area contributed by atoms with Crippen LogP contribution in [0.15, 0.2) is 12.1 Å². The molecule has 0 saturated carbocycles. The number of methoxy groups -OCH3 is 2. The Bertz CT molecular complexity index is 713. The molecule has 8 heteroatoms. The van der Waals surface area contributed by atoms with Crippen LogP contribution in [0.5, 0.6) is 11.5 Å². The summed E-state index contributed by atoms with van der Waals surface area (Å²) in [5.74, 6) is 0.588. The molecule has 0 N–H and O–H groups in total. The minimum atomic E-state index is -0.528. The standard InChI is InChI=1S/C19H28N2O6/c1-18(2)8-7-9-19(3,4)20(18)17(22)27-12-13-10-15(25-5)16(26-6)11-14(13)21(23)24/h10-11H,7-9,12H2,1-6H3. The van der Waals surface area contributed by atoms with Gasteiger partial charge in [-0.3, -0.25) is 15.0 Å². The molecule has 150 valence electrons. The molecule has 2 rings (SSSR count). The Morgan fingerprint density at radius 3 is 2.11 bits per heavy atom. The van der Waals surface area contributed by atoms with Gasteiger partial charge in [-0.1, -0.05) is 0 Å². The first-order chi connectivity index (χ1) is 12.5. The average molecular weight is 380 g/mol. The maximum Gasteiger partial charge on any atom is 0.410 e. The highest BCUT2D eigenvalue weighted by molar-refractivity contribution is 5.70. The monoisotopic (exact) mass is 380 g/mol. The highest BCUT2D eigenvalue weighted by Crippen LogP contribution is 2.39. The average Bonchev–Trinajstić information content (AvgIpc) is 2.57. The lowest BCUT2D eigenvalue weighted by Crippen LogP contribution is -2.61. The number of likely N-dealkylation sites (tertiary alicyclic amines) is 1. The van der Waals surface area contributed by atoms with Crippen LogP contribution in [0.4, 0.5) is 10.5 Å². The van der Waals surface area contributed by atoms with Crippen molar-refractivity contribution in [2.75, 3.05) is 14.2 Å². The van der Waals surface area contributed by atoms with E-state index in [0.717, 1.165) is 19.3 Å². The zero-order chi connectivity index (χ0) is 20.4. The van der Waals surface area contributed by atoms with Crippen LogP contribution in [0.25, 0.3) is 0 Å². The summed E-state index contributed by atoms with van der Waals surface area (Å²) in [4.78, 5) is 25.5. The molecule has 1 aliphatic rings. The number of hydrogen-bond donors (Lipinski definition) is 0. The van der Waals surface area contributed by atoms with E-state index in [2.05, 4.69) is 0 Å². The van der Waals surface area contributed by atoms with Gasteiger partial charge in [-0.2, -0.15) is 0 Å². The van der Waals surface area contributed by atoms with Crippen molar-refractivity contribution in [3.8, 4) is 11.5 Å². The Balaban J connectivity index is 2.27. The van der Waals surface area contributed by atoms with Gasteiger partial charge in [-0.25, -0.2) is 4.79 Å². The molecule has 0 radical (unpaired) electrons. The van der Waals surface area contributed by atoms with Crippen molar-refractivity contribution < 1.29 is 23.9 Å². The van der Waals surface area contributed by atoms with Crippen molar-refractivity contribution in [2.24, 2.45) is 0 Å². The lowest BCUT2D eigenvalue weighted by Gasteiger charge is -2.51. The fourth-order valence-electron chi connectivity index (χ4n) is 3.89. The summed E-state index contributed by atoms with van der Waals surface area (Å²) < 4.78 is 15.8. The number of benzene rings is 1. The van der Waals surface area contributed by atoms with Crippen LogP contribution < -0.4 is 9.47 Å². The quantitative estimate of drug-likeness (QED) is 0.559. The van der Waals surface area contributed by atoms with Gasteiger partial charge in [0.2, 0.25) is 0 Å². The van der Waals surface area contributed by atoms with Crippen molar-refractivity contribution >= 4 is 11.8 Å². The second kappa shape index (κ2) is 7.62. The summed E-state index contributed by atoms with van der Waals surface area (Å²) >= 11 is 0. The Kier molecular flexibility index (Phi) is 5.87. The number of nitrogens with zero attached hydrogens (tertiary/aromatic N) is 2. The van der Waals surface area contributed by atoms with Crippen molar-refractivity contribution in [1.82, 2.24) is 4.90 Å². The van der Waals surface area contributed by atoms with Gasteiger partial charge in [0.05, 0.1) is 30.8 Å². The molecule has 0 spiro atoms. The van der Waals surface area contributed by atoms with Crippen LogP contribution in [0.1, 0.15) is 52.5 Å². The maximum absolute atomic E-state index is 12.8. The van der Waals surface area contributed by atoms with Gasteiger partial charge in [0.25, 0.3) is 5.69 Å². The van der Waals surface area contributed by atoms with Gasteiger partial charge in [-0.15, -0.1) is 0 Å². The van der Waals surface area contributed by atoms with Crippen molar-refractivity contribution in [2.45, 2.75) is 64.6 Å². The fraction of sp³-hybridized carbons (Fsp3) is 0.632. The Morgan fingerprint density at radius 1 is 1.11 bits per heavy atom. The minimum Gasteiger partial charge on any atom is -0.493 e. The number of ether oxygens (including phenoxy) is 3. The smallest absolute Gasteiger partial charge is 0.410 e. The number of nitro groups is 1. The molecular formula is C19H28N2O6. The van der Waals surface area contributed by atoms with Crippen molar-refractivity contribution in [3.05, 3.63) is 27.8 Å². The number of rotatable bonds is 5. The van der Waals surface area contributed by atoms with E-state index in [4.69, 9.17) is 14.2 Å². The molecule has 0 bridgehead atoms.